The van der Waals surface area contributed by atoms with Crippen molar-refractivity contribution >= 4 is 29.9 Å². The second kappa shape index (κ2) is 13.3. The van der Waals surface area contributed by atoms with E-state index >= 15 is 0 Å². The summed E-state index contributed by atoms with van der Waals surface area (Å²) in [6.07, 6.45) is 5.06. The predicted molar refractivity (Wildman–Crippen MR) is 130 cm³/mol. The van der Waals surface area contributed by atoms with Gasteiger partial charge in [-0.15, -0.1) is 24.0 Å². The standard InChI is InChI=1S/C22H42N4O2.HI/c1-4-18(5-2)19-7-9-26(16-19)22(23-6-3)24-15-21(20-8-12-28-17-20)25-10-13-27-14-11-25;/h18-21H,4-17H2,1-3H3,(H,23,24);1H. The van der Waals surface area contributed by atoms with Crippen molar-refractivity contribution in [3.8, 4) is 0 Å². The van der Waals surface area contributed by atoms with Gasteiger partial charge in [0.25, 0.3) is 0 Å². The Bertz CT molecular complexity index is 477. The molecule has 3 aliphatic heterocycles. The lowest BCUT2D eigenvalue weighted by Gasteiger charge is -2.37. The molecule has 0 saturated carbocycles. The molecule has 0 aromatic rings. The van der Waals surface area contributed by atoms with Crippen LogP contribution in [-0.2, 0) is 9.47 Å². The van der Waals surface area contributed by atoms with Crippen LogP contribution in [0.1, 0.15) is 46.5 Å². The van der Waals surface area contributed by atoms with Crippen LogP contribution in [0.2, 0.25) is 0 Å². The van der Waals surface area contributed by atoms with Gasteiger partial charge in [-0.25, -0.2) is 0 Å². The Morgan fingerprint density at radius 1 is 1.00 bits per heavy atom. The van der Waals surface area contributed by atoms with Crippen molar-refractivity contribution in [1.82, 2.24) is 15.1 Å². The van der Waals surface area contributed by atoms with Crippen molar-refractivity contribution in [2.75, 3.05) is 65.7 Å². The van der Waals surface area contributed by atoms with Gasteiger partial charge in [-0.05, 0) is 31.6 Å². The number of likely N-dealkylation sites (tertiary alicyclic amines) is 1. The van der Waals surface area contributed by atoms with Crippen molar-refractivity contribution in [2.45, 2.75) is 52.5 Å². The third-order valence-electron chi connectivity index (χ3n) is 7.03. The second-order valence-corrected chi connectivity index (χ2v) is 8.61. The molecule has 0 bridgehead atoms. The van der Waals surface area contributed by atoms with Crippen LogP contribution in [0.4, 0.5) is 0 Å². The van der Waals surface area contributed by atoms with Gasteiger partial charge >= 0.3 is 0 Å². The van der Waals surface area contributed by atoms with Gasteiger partial charge in [0.2, 0.25) is 0 Å². The van der Waals surface area contributed by atoms with Gasteiger partial charge in [0.15, 0.2) is 5.96 Å². The number of hydrogen-bond donors (Lipinski definition) is 1. The molecule has 3 heterocycles. The molecule has 3 rings (SSSR count). The van der Waals surface area contributed by atoms with Crippen LogP contribution < -0.4 is 5.32 Å². The Kier molecular flexibility index (Phi) is 11.6. The Labute approximate surface area is 195 Å². The van der Waals surface area contributed by atoms with E-state index in [0.717, 1.165) is 89.9 Å². The highest BCUT2D eigenvalue weighted by Gasteiger charge is 2.33. The number of rotatable bonds is 8. The summed E-state index contributed by atoms with van der Waals surface area (Å²) in [7, 11) is 0. The Morgan fingerprint density at radius 3 is 2.38 bits per heavy atom. The third kappa shape index (κ3) is 6.94. The summed E-state index contributed by atoms with van der Waals surface area (Å²) in [4.78, 5) is 10.3. The van der Waals surface area contributed by atoms with Crippen LogP contribution in [-0.4, -0.2) is 87.5 Å². The number of halogens is 1. The molecule has 0 amide bonds. The Balaban J connectivity index is 0.00000300. The molecule has 3 aliphatic rings. The SMILES string of the molecule is CCNC(=NCC(C1CCOC1)N1CCOCC1)N1CCC(C(CC)CC)C1.I. The fraction of sp³-hybridized carbons (Fsp3) is 0.955. The molecule has 0 aromatic carbocycles. The fourth-order valence-corrected chi connectivity index (χ4v) is 5.25. The quantitative estimate of drug-likeness (QED) is 0.302. The maximum atomic E-state index is 5.72. The van der Waals surface area contributed by atoms with Gasteiger partial charge in [0, 0.05) is 51.3 Å². The van der Waals surface area contributed by atoms with Crippen LogP contribution in [0.5, 0.6) is 0 Å². The maximum Gasteiger partial charge on any atom is 0.193 e. The zero-order chi connectivity index (χ0) is 19.8. The number of morpholine rings is 1. The minimum Gasteiger partial charge on any atom is -0.381 e. The summed E-state index contributed by atoms with van der Waals surface area (Å²) in [6, 6.07) is 0.470. The number of nitrogens with zero attached hydrogens (tertiary/aromatic N) is 3. The van der Waals surface area contributed by atoms with Crippen molar-refractivity contribution in [3.05, 3.63) is 0 Å². The molecule has 1 N–H and O–H groups in total. The van der Waals surface area contributed by atoms with Gasteiger partial charge in [0.05, 0.1) is 26.4 Å². The normalized spacial score (nSPS) is 27.3. The van der Waals surface area contributed by atoms with E-state index in [0.29, 0.717) is 12.0 Å². The van der Waals surface area contributed by atoms with Crippen molar-refractivity contribution < 1.29 is 9.47 Å². The van der Waals surface area contributed by atoms with Gasteiger partial charge in [-0.3, -0.25) is 9.89 Å². The van der Waals surface area contributed by atoms with Crippen LogP contribution in [0.25, 0.3) is 0 Å². The molecule has 0 aromatic heterocycles. The molecule has 7 heteroatoms. The summed E-state index contributed by atoms with van der Waals surface area (Å²) in [5.41, 5.74) is 0. The Morgan fingerprint density at radius 2 is 1.76 bits per heavy atom. The highest BCUT2D eigenvalue weighted by Crippen LogP contribution is 2.29. The minimum absolute atomic E-state index is 0. The second-order valence-electron chi connectivity index (χ2n) is 8.61. The van der Waals surface area contributed by atoms with E-state index in [9.17, 15) is 0 Å². The first-order valence-corrected chi connectivity index (χ1v) is 11.7. The minimum atomic E-state index is 0. The van der Waals surface area contributed by atoms with E-state index in [-0.39, 0.29) is 24.0 Å². The number of nitrogens with one attached hydrogen (secondary N) is 1. The molecule has 170 valence electrons. The molecular formula is C22H43IN4O2. The number of hydrogen-bond acceptors (Lipinski definition) is 4. The molecule has 6 nitrogen and oxygen atoms in total. The molecule has 0 aliphatic carbocycles. The van der Waals surface area contributed by atoms with Crippen molar-refractivity contribution in [3.63, 3.8) is 0 Å². The zero-order valence-corrected chi connectivity index (χ0v) is 21.1. The Hall–Kier alpha value is -0.120. The summed E-state index contributed by atoms with van der Waals surface area (Å²) < 4.78 is 11.3. The lowest BCUT2D eigenvalue weighted by Crippen LogP contribution is -2.49. The maximum absolute atomic E-state index is 5.72. The van der Waals surface area contributed by atoms with Crippen LogP contribution in [0.3, 0.4) is 0 Å². The molecule has 3 fully saturated rings. The van der Waals surface area contributed by atoms with Crippen LogP contribution >= 0.6 is 24.0 Å². The molecular weight excluding hydrogens is 479 g/mol. The highest BCUT2D eigenvalue weighted by atomic mass is 127. The first-order chi connectivity index (χ1) is 13.8. The lowest BCUT2D eigenvalue weighted by molar-refractivity contribution is 0.00364. The zero-order valence-electron chi connectivity index (χ0n) is 18.8. The molecule has 3 unspecified atom stereocenters. The third-order valence-corrected chi connectivity index (χ3v) is 7.03. The smallest absolute Gasteiger partial charge is 0.193 e. The summed E-state index contributed by atoms with van der Waals surface area (Å²) in [6.45, 7) is 16.5. The summed E-state index contributed by atoms with van der Waals surface area (Å²) in [5, 5.41) is 3.57. The van der Waals surface area contributed by atoms with Crippen molar-refractivity contribution in [1.29, 1.82) is 0 Å². The number of guanidine groups is 1. The molecule has 3 atom stereocenters. The predicted octanol–water partition coefficient (Wildman–Crippen LogP) is 3.07. The molecule has 29 heavy (non-hydrogen) atoms. The number of aliphatic imine (C=N–C) groups is 1. The van der Waals surface area contributed by atoms with Crippen molar-refractivity contribution in [2.24, 2.45) is 22.7 Å². The summed E-state index contributed by atoms with van der Waals surface area (Å²) in [5.74, 6) is 3.38. The molecule has 3 saturated heterocycles. The van der Waals surface area contributed by atoms with E-state index in [1.54, 1.807) is 0 Å². The van der Waals surface area contributed by atoms with E-state index in [2.05, 4.69) is 35.9 Å². The molecule has 0 spiro atoms. The van der Waals surface area contributed by atoms with Gasteiger partial charge < -0.3 is 19.7 Å². The van der Waals surface area contributed by atoms with E-state index < -0.39 is 0 Å². The van der Waals surface area contributed by atoms with E-state index in [1.165, 1.54) is 19.3 Å². The van der Waals surface area contributed by atoms with Gasteiger partial charge in [-0.1, -0.05) is 26.7 Å². The number of ether oxygens (including phenoxy) is 2. The van der Waals surface area contributed by atoms with Crippen LogP contribution in [0, 0.1) is 17.8 Å². The lowest BCUT2D eigenvalue weighted by atomic mass is 9.87. The summed E-state index contributed by atoms with van der Waals surface area (Å²) >= 11 is 0. The largest absolute Gasteiger partial charge is 0.381 e. The topological polar surface area (TPSA) is 49.3 Å². The van der Waals surface area contributed by atoms with Gasteiger partial charge in [-0.2, -0.15) is 0 Å². The first kappa shape index (κ1) is 25.1. The average Bonchev–Trinajstić information content (AvgIpc) is 3.42. The van der Waals surface area contributed by atoms with E-state index in [4.69, 9.17) is 14.5 Å². The molecule has 0 radical (unpaired) electrons. The van der Waals surface area contributed by atoms with E-state index in [1.807, 2.05) is 0 Å². The monoisotopic (exact) mass is 522 g/mol. The fourth-order valence-electron chi connectivity index (χ4n) is 5.25. The first-order valence-electron chi connectivity index (χ1n) is 11.7. The average molecular weight is 523 g/mol. The van der Waals surface area contributed by atoms with Gasteiger partial charge in [0.1, 0.15) is 0 Å². The van der Waals surface area contributed by atoms with Crippen LogP contribution in [0.15, 0.2) is 4.99 Å². The highest BCUT2D eigenvalue weighted by molar-refractivity contribution is 14.0.